The predicted octanol–water partition coefficient (Wildman–Crippen LogP) is 4.09. The molecule has 0 bridgehead atoms. The third kappa shape index (κ3) is 5.80. The van der Waals surface area contributed by atoms with Gasteiger partial charge in [0.15, 0.2) is 0 Å². The lowest BCUT2D eigenvalue weighted by atomic mass is 9.95. The van der Waals surface area contributed by atoms with E-state index in [2.05, 4.69) is 24.9 Å². The van der Waals surface area contributed by atoms with E-state index in [0.29, 0.717) is 16.4 Å². The van der Waals surface area contributed by atoms with Crippen molar-refractivity contribution >= 4 is 44.9 Å². The van der Waals surface area contributed by atoms with Crippen molar-refractivity contribution in [3.8, 4) is 0 Å². The number of piperidine rings is 1. The highest BCUT2D eigenvalue weighted by Crippen LogP contribution is 2.26. The van der Waals surface area contributed by atoms with Crippen LogP contribution in [0.1, 0.15) is 18.5 Å². The van der Waals surface area contributed by atoms with Gasteiger partial charge in [-0.3, -0.25) is 4.79 Å². The fraction of sp³-hybridized carbons (Fsp3) is 0.261. The summed E-state index contributed by atoms with van der Waals surface area (Å²) in [5.74, 6) is -0.164. The number of halogens is 1. The van der Waals surface area contributed by atoms with E-state index in [1.54, 1.807) is 25.1 Å². The quantitative estimate of drug-likeness (QED) is 0.544. The summed E-state index contributed by atoms with van der Waals surface area (Å²) in [5, 5.41) is 3.59. The highest BCUT2D eigenvalue weighted by Gasteiger charge is 2.25. The molecule has 4 rings (SSSR count). The average molecular weight is 486 g/mol. The number of nitrogens with one attached hydrogen (secondary N) is 2. The number of rotatable bonds is 6. The molecule has 0 aliphatic carbocycles. The smallest absolute Gasteiger partial charge is 0.264 e. The SMILES string of the molecule is Cc1ccnc(NS(=O)(=O)c2ccc(NC(=O)C3CCN(c4cccc(Cl)c4)CC3)cc2)n1. The van der Waals surface area contributed by atoms with E-state index in [1.165, 1.54) is 18.3 Å². The number of benzene rings is 2. The number of sulfonamides is 1. The first-order chi connectivity index (χ1) is 15.8. The van der Waals surface area contributed by atoms with Crippen molar-refractivity contribution < 1.29 is 13.2 Å². The number of amides is 1. The Hall–Kier alpha value is -3.17. The Morgan fingerprint density at radius 2 is 1.82 bits per heavy atom. The fourth-order valence-electron chi connectivity index (χ4n) is 3.71. The van der Waals surface area contributed by atoms with Crippen LogP contribution >= 0.6 is 11.6 Å². The number of carbonyl (C=O) groups is 1. The molecule has 172 valence electrons. The second-order valence-corrected chi connectivity index (χ2v) is 10.0. The molecule has 0 spiro atoms. The minimum atomic E-state index is -3.83. The van der Waals surface area contributed by atoms with Gasteiger partial charge in [-0.1, -0.05) is 17.7 Å². The Balaban J connectivity index is 1.34. The van der Waals surface area contributed by atoms with E-state index in [9.17, 15) is 13.2 Å². The minimum Gasteiger partial charge on any atom is -0.371 e. The molecule has 1 aliphatic rings. The van der Waals surface area contributed by atoms with Crippen molar-refractivity contribution in [2.45, 2.75) is 24.7 Å². The minimum absolute atomic E-state index is 0.0106. The highest BCUT2D eigenvalue weighted by molar-refractivity contribution is 7.92. The Morgan fingerprint density at radius 1 is 1.09 bits per heavy atom. The fourth-order valence-corrected chi connectivity index (χ4v) is 4.85. The Labute approximate surface area is 198 Å². The maximum absolute atomic E-state index is 12.7. The molecule has 0 atom stereocenters. The highest BCUT2D eigenvalue weighted by atomic mass is 35.5. The summed E-state index contributed by atoms with van der Waals surface area (Å²) in [4.78, 5) is 23.0. The number of carbonyl (C=O) groups excluding carboxylic acids is 1. The lowest BCUT2D eigenvalue weighted by Crippen LogP contribution is -2.38. The lowest BCUT2D eigenvalue weighted by Gasteiger charge is -2.33. The summed E-state index contributed by atoms with van der Waals surface area (Å²) in [6.07, 6.45) is 2.94. The zero-order valence-electron chi connectivity index (χ0n) is 18.0. The van der Waals surface area contributed by atoms with Crippen LogP contribution in [0.5, 0.6) is 0 Å². The number of anilines is 3. The molecule has 0 radical (unpaired) electrons. The van der Waals surface area contributed by atoms with Gasteiger partial charge >= 0.3 is 0 Å². The van der Waals surface area contributed by atoms with Crippen LogP contribution in [0.25, 0.3) is 0 Å². The van der Waals surface area contributed by atoms with Crippen LogP contribution in [0, 0.1) is 12.8 Å². The second kappa shape index (κ2) is 9.76. The van der Waals surface area contributed by atoms with Crippen LogP contribution in [0.4, 0.5) is 17.3 Å². The Kier molecular flexibility index (Phi) is 6.80. The number of aromatic nitrogens is 2. The summed E-state index contributed by atoms with van der Waals surface area (Å²) < 4.78 is 27.5. The van der Waals surface area contributed by atoms with E-state index < -0.39 is 10.0 Å². The summed E-state index contributed by atoms with van der Waals surface area (Å²) >= 11 is 6.08. The van der Waals surface area contributed by atoms with Crippen molar-refractivity contribution in [3.05, 3.63) is 71.5 Å². The lowest BCUT2D eigenvalue weighted by molar-refractivity contribution is -0.120. The van der Waals surface area contributed by atoms with Crippen LogP contribution in [0.2, 0.25) is 5.02 Å². The van der Waals surface area contributed by atoms with E-state index >= 15 is 0 Å². The summed E-state index contributed by atoms with van der Waals surface area (Å²) in [7, 11) is -3.83. The normalized spacial score (nSPS) is 14.7. The molecule has 8 nitrogen and oxygen atoms in total. The van der Waals surface area contributed by atoms with E-state index in [4.69, 9.17) is 11.6 Å². The van der Waals surface area contributed by atoms with Gasteiger partial charge in [0.25, 0.3) is 10.0 Å². The molecule has 1 aliphatic heterocycles. The molecule has 2 heterocycles. The molecule has 1 saturated heterocycles. The molecule has 33 heavy (non-hydrogen) atoms. The largest absolute Gasteiger partial charge is 0.371 e. The average Bonchev–Trinajstić information content (AvgIpc) is 2.79. The van der Waals surface area contributed by atoms with Crippen LogP contribution in [0.3, 0.4) is 0 Å². The zero-order chi connectivity index (χ0) is 23.4. The van der Waals surface area contributed by atoms with Gasteiger partial charge in [0.1, 0.15) is 0 Å². The van der Waals surface area contributed by atoms with E-state index in [-0.39, 0.29) is 22.7 Å². The summed E-state index contributed by atoms with van der Waals surface area (Å²) in [6.45, 7) is 3.28. The summed E-state index contributed by atoms with van der Waals surface area (Å²) in [6, 6.07) is 15.4. The van der Waals surface area contributed by atoms with Crippen LogP contribution in [-0.4, -0.2) is 37.4 Å². The van der Waals surface area contributed by atoms with Gasteiger partial charge in [0.2, 0.25) is 11.9 Å². The van der Waals surface area contributed by atoms with Gasteiger partial charge in [0, 0.05) is 47.3 Å². The molecule has 2 aromatic carbocycles. The first-order valence-corrected chi connectivity index (χ1v) is 12.4. The second-order valence-electron chi connectivity index (χ2n) is 7.88. The van der Waals surface area contributed by atoms with Crippen molar-refractivity contribution in [2.75, 3.05) is 28.0 Å². The van der Waals surface area contributed by atoms with Gasteiger partial charge in [-0.2, -0.15) is 0 Å². The van der Waals surface area contributed by atoms with Crippen LogP contribution in [0.15, 0.2) is 65.7 Å². The van der Waals surface area contributed by atoms with Crippen molar-refractivity contribution in [3.63, 3.8) is 0 Å². The molecule has 2 N–H and O–H groups in total. The van der Waals surface area contributed by atoms with Gasteiger partial charge < -0.3 is 10.2 Å². The predicted molar refractivity (Wildman–Crippen MR) is 129 cm³/mol. The molecule has 3 aromatic rings. The standard InChI is InChI=1S/C23H24ClN5O3S/c1-16-9-12-25-23(26-16)28-33(31,32)21-7-5-19(6-8-21)27-22(30)17-10-13-29(14-11-17)20-4-2-3-18(24)15-20/h2-9,12,15,17H,10-11,13-14H2,1H3,(H,27,30)(H,25,26,28). The van der Waals surface area contributed by atoms with Gasteiger partial charge in [-0.15, -0.1) is 0 Å². The Bertz CT molecular complexity index is 1240. The molecule has 1 amide bonds. The molecular weight excluding hydrogens is 462 g/mol. The monoisotopic (exact) mass is 485 g/mol. The first kappa shape index (κ1) is 23.0. The van der Waals surface area contributed by atoms with Gasteiger partial charge in [-0.25, -0.2) is 23.1 Å². The van der Waals surface area contributed by atoms with Crippen LogP contribution in [-0.2, 0) is 14.8 Å². The molecular formula is C23H24ClN5O3S. The molecule has 10 heteroatoms. The molecule has 0 saturated carbocycles. The summed E-state index contributed by atoms with van der Waals surface area (Å²) in [5.41, 5.74) is 2.25. The van der Waals surface area contributed by atoms with Gasteiger partial charge in [-0.05, 0) is 68.3 Å². The number of hydrogen-bond acceptors (Lipinski definition) is 6. The third-order valence-electron chi connectivity index (χ3n) is 5.49. The zero-order valence-corrected chi connectivity index (χ0v) is 19.6. The van der Waals surface area contributed by atoms with E-state index in [0.717, 1.165) is 31.6 Å². The van der Waals surface area contributed by atoms with Crippen LogP contribution < -0.4 is 14.9 Å². The molecule has 1 aromatic heterocycles. The number of hydrogen-bond donors (Lipinski definition) is 2. The first-order valence-electron chi connectivity index (χ1n) is 10.5. The van der Waals surface area contributed by atoms with Gasteiger partial charge in [0.05, 0.1) is 4.90 Å². The maximum atomic E-state index is 12.7. The van der Waals surface area contributed by atoms with Crippen molar-refractivity contribution in [1.82, 2.24) is 9.97 Å². The van der Waals surface area contributed by atoms with E-state index in [1.807, 2.05) is 24.3 Å². The van der Waals surface area contributed by atoms with Crippen molar-refractivity contribution in [2.24, 2.45) is 5.92 Å². The topological polar surface area (TPSA) is 104 Å². The third-order valence-corrected chi connectivity index (χ3v) is 7.07. The number of nitrogens with zero attached hydrogens (tertiary/aromatic N) is 3. The number of aryl methyl sites for hydroxylation is 1. The van der Waals surface area contributed by atoms with Crippen molar-refractivity contribution in [1.29, 1.82) is 0 Å². The maximum Gasteiger partial charge on any atom is 0.264 e. The molecule has 1 fully saturated rings. The Morgan fingerprint density at radius 3 is 2.48 bits per heavy atom. The molecule has 0 unspecified atom stereocenters.